The summed E-state index contributed by atoms with van der Waals surface area (Å²) < 4.78 is 2.36. The van der Waals surface area contributed by atoms with Gasteiger partial charge in [0, 0.05) is 16.5 Å². The lowest BCUT2D eigenvalue weighted by molar-refractivity contribution is -0.118. The third kappa shape index (κ3) is 4.11. The Hall–Kier alpha value is -1.83. The van der Waals surface area contributed by atoms with Gasteiger partial charge in [0.05, 0.1) is 23.2 Å². The Morgan fingerprint density at radius 3 is 2.81 bits per heavy atom. The molecule has 1 heterocycles. The van der Waals surface area contributed by atoms with E-state index in [-0.39, 0.29) is 23.8 Å². The number of nitrogens with zero attached hydrogens (tertiary/aromatic N) is 2. The second-order valence-corrected chi connectivity index (χ2v) is 7.77. The molecule has 0 unspecified atom stereocenters. The van der Waals surface area contributed by atoms with Crippen molar-refractivity contribution >= 4 is 56.1 Å². The molecule has 1 N–H and O–H groups in total. The number of nitrogens with one attached hydrogen (secondary N) is 1. The number of rotatable bonds is 5. The molecule has 26 heavy (non-hydrogen) atoms. The van der Waals surface area contributed by atoms with Crippen molar-refractivity contribution in [1.29, 1.82) is 0 Å². The largest absolute Gasteiger partial charge is 0.358 e. The second-order valence-electron chi connectivity index (χ2n) is 5.50. The van der Waals surface area contributed by atoms with Gasteiger partial charge in [-0.1, -0.05) is 57.5 Å². The Morgan fingerprint density at radius 2 is 2.08 bits per heavy atom. The summed E-state index contributed by atoms with van der Waals surface area (Å²) in [7, 11) is 1.57. The molecular formula is C18H15BrClN3O2S. The van der Waals surface area contributed by atoms with Crippen LogP contribution in [0.15, 0.2) is 56.9 Å². The molecule has 3 aromatic rings. The molecule has 0 aliphatic rings. The van der Waals surface area contributed by atoms with Gasteiger partial charge in [-0.25, -0.2) is 4.98 Å². The molecule has 0 aliphatic carbocycles. The highest BCUT2D eigenvalue weighted by atomic mass is 79.9. The van der Waals surface area contributed by atoms with Crippen LogP contribution >= 0.6 is 39.3 Å². The molecule has 5 nitrogen and oxygen atoms in total. The van der Waals surface area contributed by atoms with Crippen LogP contribution in [-0.4, -0.2) is 28.3 Å². The fraction of sp³-hybridized carbons (Fsp3) is 0.167. The van der Waals surface area contributed by atoms with E-state index in [1.165, 1.54) is 11.8 Å². The maximum atomic E-state index is 13.1. The summed E-state index contributed by atoms with van der Waals surface area (Å²) >= 11 is 10.9. The van der Waals surface area contributed by atoms with Gasteiger partial charge in [-0.05, 0) is 29.8 Å². The first kappa shape index (κ1) is 18.9. The van der Waals surface area contributed by atoms with Crippen molar-refractivity contribution in [2.75, 3.05) is 12.8 Å². The molecule has 0 saturated heterocycles. The number of thioether (sulfide) groups is 1. The monoisotopic (exact) mass is 451 g/mol. The fourth-order valence-corrected chi connectivity index (χ4v) is 3.85. The van der Waals surface area contributed by atoms with Crippen molar-refractivity contribution in [2.24, 2.45) is 0 Å². The van der Waals surface area contributed by atoms with E-state index in [9.17, 15) is 9.59 Å². The molecule has 0 atom stereocenters. The number of halogens is 2. The lowest BCUT2D eigenvalue weighted by Gasteiger charge is -2.14. The SMILES string of the molecule is CNC(=O)CSc1nc2ccc(Br)cc2c(=O)n1Cc1ccccc1Cl. The van der Waals surface area contributed by atoms with Gasteiger partial charge >= 0.3 is 0 Å². The lowest BCUT2D eigenvalue weighted by atomic mass is 10.2. The molecule has 0 aliphatic heterocycles. The van der Waals surface area contributed by atoms with Crippen molar-refractivity contribution in [3.05, 3.63) is 67.9 Å². The van der Waals surface area contributed by atoms with Gasteiger partial charge in [-0.3, -0.25) is 14.2 Å². The van der Waals surface area contributed by atoms with Gasteiger partial charge in [0.25, 0.3) is 5.56 Å². The number of benzene rings is 2. The highest BCUT2D eigenvalue weighted by molar-refractivity contribution is 9.10. The number of carbonyl (C=O) groups is 1. The van der Waals surface area contributed by atoms with Crippen molar-refractivity contribution in [1.82, 2.24) is 14.9 Å². The summed E-state index contributed by atoms with van der Waals surface area (Å²) in [5.74, 6) is 0.0393. The summed E-state index contributed by atoms with van der Waals surface area (Å²) in [4.78, 5) is 29.3. The summed E-state index contributed by atoms with van der Waals surface area (Å²) in [6.07, 6.45) is 0. The van der Waals surface area contributed by atoms with Gasteiger partial charge < -0.3 is 5.32 Å². The van der Waals surface area contributed by atoms with E-state index >= 15 is 0 Å². The third-order valence-corrected chi connectivity index (χ3v) is 5.62. The predicted octanol–water partition coefficient (Wildman–Crippen LogP) is 3.70. The highest BCUT2D eigenvalue weighted by Crippen LogP contribution is 2.23. The molecule has 0 bridgehead atoms. The van der Waals surface area contributed by atoms with Gasteiger partial charge in [-0.15, -0.1) is 0 Å². The van der Waals surface area contributed by atoms with Gasteiger partial charge in [0.2, 0.25) is 5.91 Å². The van der Waals surface area contributed by atoms with Crippen molar-refractivity contribution in [2.45, 2.75) is 11.7 Å². The molecule has 2 aromatic carbocycles. The number of carbonyl (C=O) groups excluding carboxylic acids is 1. The topological polar surface area (TPSA) is 64.0 Å². The average Bonchev–Trinajstić information content (AvgIpc) is 2.64. The normalized spacial score (nSPS) is 10.9. The van der Waals surface area contributed by atoms with Gasteiger partial charge in [0.15, 0.2) is 5.16 Å². The molecule has 0 fully saturated rings. The molecule has 0 spiro atoms. The minimum atomic E-state index is -0.171. The third-order valence-electron chi connectivity index (χ3n) is 3.78. The predicted molar refractivity (Wildman–Crippen MR) is 109 cm³/mol. The Labute approximate surface area is 167 Å². The summed E-state index contributed by atoms with van der Waals surface area (Å²) in [6, 6.07) is 12.7. The van der Waals surface area contributed by atoms with E-state index in [2.05, 4.69) is 26.2 Å². The lowest BCUT2D eigenvalue weighted by Crippen LogP contribution is -2.25. The number of hydrogen-bond acceptors (Lipinski definition) is 4. The zero-order valence-electron chi connectivity index (χ0n) is 13.8. The zero-order valence-corrected chi connectivity index (χ0v) is 17.0. The van der Waals surface area contributed by atoms with E-state index in [4.69, 9.17) is 11.6 Å². The van der Waals surface area contributed by atoms with Crippen LogP contribution < -0.4 is 10.9 Å². The van der Waals surface area contributed by atoms with Gasteiger partial charge in [0.1, 0.15) is 0 Å². The smallest absolute Gasteiger partial charge is 0.262 e. The Kier molecular flexibility index (Phi) is 6.01. The molecule has 0 radical (unpaired) electrons. The fourth-order valence-electron chi connectivity index (χ4n) is 2.42. The molecule has 8 heteroatoms. The van der Waals surface area contributed by atoms with Crippen LogP contribution in [0.2, 0.25) is 5.02 Å². The van der Waals surface area contributed by atoms with Crippen LogP contribution in [0.5, 0.6) is 0 Å². The van der Waals surface area contributed by atoms with Crippen LogP contribution in [0, 0.1) is 0 Å². The number of hydrogen-bond donors (Lipinski definition) is 1. The number of fused-ring (bicyclic) bond motifs is 1. The average molecular weight is 453 g/mol. The van der Waals surface area contributed by atoms with Crippen molar-refractivity contribution in [3.8, 4) is 0 Å². The summed E-state index contributed by atoms with van der Waals surface area (Å²) in [5, 5.41) is 4.14. The molecule has 1 aromatic heterocycles. The molecule has 3 rings (SSSR count). The van der Waals surface area contributed by atoms with E-state index in [0.29, 0.717) is 21.1 Å². The van der Waals surface area contributed by atoms with Crippen LogP contribution in [0.4, 0.5) is 0 Å². The van der Waals surface area contributed by atoms with E-state index < -0.39 is 0 Å². The Morgan fingerprint density at radius 1 is 1.31 bits per heavy atom. The maximum absolute atomic E-state index is 13.1. The van der Waals surface area contributed by atoms with Crippen LogP contribution in [0.25, 0.3) is 10.9 Å². The van der Waals surface area contributed by atoms with Crippen molar-refractivity contribution < 1.29 is 4.79 Å². The van der Waals surface area contributed by atoms with Crippen molar-refractivity contribution in [3.63, 3.8) is 0 Å². The first-order valence-electron chi connectivity index (χ1n) is 7.76. The number of amides is 1. The highest BCUT2D eigenvalue weighted by Gasteiger charge is 2.14. The van der Waals surface area contributed by atoms with E-state index in [1.54, 1.807) is 29.8 Å². The number of aromatic nitrogens is 2. The molecule has 0 saturated carbocycles. The first-order valence-corrected chi connectivity index (χ1v) is 9.92. The standard InChI is InChI=1S/C18H15BrClN3O2S/c1-21-16(24)10-26-18-22-15-7-6-12(19)8-13(15)17(25)23(18)9-11-4-2-3-5-14(11)20/h2-8H,9-10H2,1H3,(H,21,24). The Balaban J connectivity index is 2.13. The van der Waals surface area contributed by atoms with Gasteiger partial charge in [-0.2, -0.15) is 0 Å². The van der Waals surface area contributed by atoms with Crippen LogP contribution in [0.3, 0.4) is 0 Å². The molecule has 134 valence electrons. The van der Waals surface area contributed by atoms with E-state index in [1.807, 2.05) is 24.3 Å². The summed E-state index contributed by atoms with van der Waals surface area (Å²) in [5.41, 5.74) is 1.23. The Bertz CT molecular complexity index is 1040. The minimum absolute atomic E-state index is 0.135. The molecule has 1 amide bonds. The summed E-state index contributed by atoms with van der Waals surface area (Å²) in [6.45, 7) is 0.282. The molecular weight excluding hydrogens is 438 g/mol. The second kappa shape index (κ2) is 8.24. The maximum Gasteiger partial charge on any atom is 0.262 e. The van der Waals surface area contributed by atoms with Crippen LogP contribution in [-0.2, 0) is 11.3 Å². The quantitative estimate of drug-likeness (QED) is 0.474. The van der Waals surface area contributed by atoms with Crippen LogP contribution in [0.1, 0.15) is 5.56 Å². The zero-order chi connectivity index (χ0) is 18.7. The first-order chi connectivity index (χ1) is 12.5. The van der Waals surface area contributed by atoms with E-state index in [0.717, 1.165) is 10.0 Å². The minimum Gasteiger partial charge on any atom is -0.358 e.